The summed E-state index contributed by atoms with van der Waals surface area (Å²) in [5, 5.41) is 0.217. The zero-order valence-corrected chi connectivity index (χ0v) is 11.6. The maximum absolute atomic E-state index is 11.5. The summed E-state index contributed by atoms with van der Waals surface area (Å²) in [5.74, 6) is -0.466. The highest BCUT2D eigenvalue weighted by molar-refractivity contribution is 9.10. The molecule has 1 aromatic carbocycles. The van der Waals surface area contributed by atoms with E-state index in [0.29, 0.717) is 21.1 Å². The Morgan fingerprint density at radius 2 is 1.76 bits per heavy atom. The molecule has 2 rings (SSSR count). The van der Waals surface area contributed by atoms with Crippen LogP contribution < -0.4 is 0 Å². The van der Waals surface area contributed by atoms with E-state index in [-0.39, 0.29) is 10.3 Å². The van der Waals surface area contributed by atoms with Gasteiger partial charge < -0.3 is 4.74 Å². The molecule has 17 heavy (non-hydrogen) atoms. The minimum absolute atomic E-state index is 0.0947. The number of carbonyl (C=O) groups is 1. The van der Waals surface area contributed by atoms with E-state index in [4.69, 9.17) is 23.2 Å². The van der Waals surface area contributed by atoms with Gasteiger partial charge in [-0.2, -0.15) is 0 Å². The van der Waals surface area contributed by atoms with Crippen LogP contribution in [0.3, 0.4) is 0 Å². The summed E-state index contributed by atoms with van der Waals surface area (Å²) in [5.41, 5.74) is 1.37. The molecule has 4 nitrogen and oxygen atoms in total. The van der Waals surface area contributed by atoms with Crippen LogP contribution in [0.5, 0.6) is 0 Å². The Hall–Kier alpha value is -0.910. The lowest BCUT2D eigenvalue weighted by Gasteiger charge is -2.05. The predicted molar refractivity (Wildman–Crippen MR) is 68.6 cm³/mol. The Balaban J connectivity index is 2.71. The van der Waals surface area contributed by atoms with E-state index >= 15 is 0 Å². The number of aromatic nitrogens is 2. The Morgan fingerprint density at radius 1 is 1.24 bits per heavy atom. The Kier molecular flexibility index (Phi) is 3.51. The van der Waals surface area contributed by atoms with Gasteiger partial charge in [0, 0.05) is 4.47 Å². The van der Waals surface area contributed by atoms with Crippen molar-refractivity contribution in [3.8, 4) is 0 Å². The van der Waals surface area contributed by atoms with Crippen LogP contribution in [-0.4, -0.2) is 23.0 Å². The molecule has 0 radical (unpaired) electrons. The van der Waals surface area contributed by atoms with Gasteiger partial charge in [0.25, 0.3) is 0 Å². The fraction of sp³-hybridized carbons (Fsp3) is 0.100. The third kappa shape index (κ3) is 2.36. The van der Waals surface area contributed by atoms with Crippen molar-refractivity contribution in [3.63, 3.8) is 0 Å². The van der Waals surface area contributed by atoms with E-state index in [9.17, 15) is 4.79 Å². The second-order valence-electron chi connectivity index (χ2n) is 3.12. The van der Waals surface area contributed by atoms with Crippen LogP contribution in [0.2, 0.25) is 10.3 Å². The number of esters is 1. The molecule has 0 fully saturated rings. The van der Waals surface area contributed by atoms with Crippen LogP contribution in [-0.2, 0) is 4.74 Å². The van der Waals surface area contributed by atoms with Crippen molar-refractivity contribution >= 4 is 56.1 Å². The van der Waals surface area contributed by atoms with Gasteiger partial charge in [0.2, 0.25) is 0 Å². The van der Waals surface area contributed by atoms with Crippen LogP contribution in [0.15, 0.2) is 16.6 Å². The van der Waals surface area contributed by atoms with Gasteiger partial charge in [0.05, 0.1) is 23.7 Å². The van der Waals surface area contributed by atoms with Crippen molar-refractivity contribution in [2.45, 2.75) is 0 Å². The van der Waals surface area contributed by atoms with E-state index < -0.39 is 5.97 Å². The molecule has 0 aliphatic carbocycles. The number of fused-ring (bicyclic) bond motifs is 1. The van der Waals surface area contributed by atoms with Crippen molar-refractivity contribution in [3.05, 3.63) is 32.5 Å². The van der Waals surface area contributed by atoms with Crippen molar-refractivity contribution in [2.75, 3.05) is 7.11 Å². The Labute approximate surface area is 115 Å². The molecule has 88 valence electrons. The molecule has 0 saturated heterocycles. The fourth-order valence-electron chi connectivity index (χ4n) is 1.30. The quantitative estimate of drug-likeness (QED) is 0.748. The first-order valence-electron chi connectivity index (χ1n) is 4.43. The van der Waals surface area contributed by atoms with Crippen molar-refractivity contribution in [2.24, 2.45) is 0 Å². The fourth-order valence-corrected chi connectivity index (χ4v) is 2.06. The number of hydrogen-bond acceptors (Lipinski definition) is 4. The van der Waals surface area contributed by atoms with Crippen molar-refractivity contribution < 1.29 is 9.53 Å². The standard InChI is InChI=1S/C10H5BrCl2N2O2/c1-17-10(16)4-2-6-7(3-5(4)11)15-9(13)8(12)14-6/h2-3H,1H3. The molecular weight excluding hydrogens is 331 g/mol. The monoisotopic (exact) mass is 334 g/mol. The van der Waals surface area contributed by atoms with Crippen molar-refractivity contribution in [1.29, 1.82) is 0 Å². The van der Waals surface area contributed by atoms with Gasteiger partial charge in [-0.05, 0) is 28.1 Å². The molecule has 0 amide bonds. The lowest BCUT2D eigenvalue weighted by Crippen LogP contribution is -2.03. The molecule has 0 saturated carbocycles. The summed E-state index contributed by atoms with van der Waals surface area (Å²) in [6, 6.07) is 3.18. The normalized spacial score (nSPS) is 10.6. The zero-order valence-electron chi connectivity index (χ0n) is 8.50. The molecule has 0 spiro atoms. The topological polar surface area (TPSA) is 52.1 Å². The summed E-state index contributed by atoms with van der Waals surface area (Å²) < 4.78 is 5.20. The van der Waals surface area contributed by atoms with Gasteiger partial charge in [0.15, 0.2) is 10.3 Å². The molecule has 0 bridgehead atoms. The maximum atomic E-state index is 11.5. The van der Waals surface area contributed by atoms with E-state index in [2.05, 4.69) is 30.6 Å². The maximum Gasteiger partial charge on any atom is 0.339 e. The number of ether oxygens (including phenoxy) is 1. The van der Waals surface area contributed by atoms with Gasteiger partial charge in [0.1, 0.15) is 0 Å². The molecule has 0 N–H and O–H groups in total. The first-order valence-corrected chi connectivity index (χ1v) is 5.98. The Morgan fingerprint density at radius 3 is 2.29 bits per heavy atom. The molecule has 7 heteroatoms. The predicted octanol–water partition coefficient (Wildman–Crippen LogP) is 3.49. The molecule has 0 aliphatic heterocycles. The van der Waals surface area contributed by atoms with E-state index in [1.54, 1.807) is 12.1 Å². The number of benzene rings is 1. The average molecular weight is 336 g/mol. The second-order valence-corrected chi connectivity index (χ2v) is 4.69. The number of hydrogen-bond donors (Lipinski definition) is 0. The first-order chi connectivity index (χ1) is 8.02. The lowest BCUT2D eigenvalue weighted by atomic mass is 10.2. The second kappa shape index (κ2) is 4.76. The van der Waals surface area contributed by atoms with Gasteiger partial charge >= 0.3 is 5.97 Å². The van der Waals surface area contributed by atoms with E-state index in [1.165, 1.54) is 7.11 Å². The molecule has 0 aliphatic rings. The molecule has 1 heterocycles. The van der Waals surface area contributed by atoms with Crippen LogP contribution in [0.1, 0.15) is 10.4 Å². The van der Waals surface area contributed by atoms with Crippen molar-refractivity contribution in [1.82, 2.24) is 9.97 Å². The largest absolute Gasteiger partial charge is 0.465 e. The summed E-state index contributed by atoms with van der Waals surface area (Å²) in [4.78, 5) is 19.6. The van der Waals surface area contributed by atoms with Gasteiger partial charge in [-0.25, -0.2) is 14.8 Å². The van der Waals surface area contributed by atoms with E-state index in [1.807, 2.05) is 0 Å². The van der Waals surface area contributed by atoms with Crippen LogP contribution in [0.25, 0.3) is 11.0 Å². The van der Waals surface area contributed by atoms with Gasteiger partial charge in [-0.3, -0.25) is 0 Å². The third-order valence-electron chi connectivity index (χ3n) is 2.08. The molecule has 0 atom stereocenters. The first kappa shape index (κ1) is 12.5. The van der Waals surface area contributed by atoms with E-state index in [0.717, 1.165) is 0 Å². The Bertz CT molecular complexity index is 619. The SMILES string of the molecule is COC(=O)c1cc2nc(Cl)c(Cl)nc2cc1Br. The summed E-state index contributed by atoms with van der Waals surface area (Å²) >= 11 is 14.8. The summed E-state index contributed by atoms with van der Waals surface area (Å²) in [6.45, 7) is 0. The average Bonchev–Trinajstić information content (AvgIpc) is 2.30. The van der Waals surface area contributed by atoms with Crippen LogP contribution in [0, 0.1) is 0 Å². The number of methoxy groups -OCH3 is 1. The smallest absolute Gasteiger partial charge is 0.339 e. The zero-order chi connectivity index (χ0) is 12.6. The number of rotatable bonds is 1. The summed E-state index contributed by atoms with van der Waals surface area (Å²) in [7, 11) is 1.31. The third-order valence-corrected chi connectivity index (χ3v) is 3.36. The number of halogens is 3. The number of carbonyl (C=O) groups excluding carboxylic acids is 1. The van der Waals surface area contributed by atoms with Crippen LogP contribution in [0.4, 0.5) is 0 Å². The van der Waals surface area contributed by atoms with Gasteiger partial charge in [-0.15, -0.1) is 0 Å². The molecule has 2 aromatic rings. The minimum atomic E-state index is -0.466. The number of nitrogens with zero attached hydrogens (tertiary/aromatic N) is 2. The lowest BCUT2D eigenvalue weighted by molar-refractivity contribution is 0.0600. The molecule has 0 unspecified atom stereocenters. The molecule has 1 aromatic heterocycles. The highest BCUT2D eigenvalue weighted by atomic mass is 79.9. The highest BCUT2D eigenvalue weighted by Gasteiger charge is 2.14. The van der Waals surface area contributed by atoms with Crippen LogP contribution >= 0.6 is 39.1 Å². The summed E-state index contributed by atoms with van der Waals surface area (Å²) in [6.07, 6.45) is 0. The minimum Gasteiger partial charge on any atom is -0.465 e. The molecular formula is C10H5BrCl2N2O2. The highest BCUT2D eigenvalue weighted by Crippen LogP contribution is 2.26. The van der Waals surface area contributed by atoms with Gasteiger partial charge in [-0.1, -0.05) is 23.2 Å².